The van der Waals surface area contributed by atoms with Gasteiger partial charge in [-0.3, -0.25) is 14.4 Å². The van der Waals surface area contributed by atoms with Gasteiger partial charge in [0.1, 0.15) is 13.2 Å². The molecule has 394 valence electrons. The molecule has 0 heterocycles. The summed E-state index contributed by atoms with van der Waals surface area (Å²) in [7, 11) is 0. The highest BCUT2D eigenvalue weighted by atomic mass is 16.6. The van der Waals surface area contributed by atoms with Crippen LogP contribution in [0.15, 0.2) is 24.3 Å². The van der Waals surface area contributed by atoms with E-state index in [2.05, 4.69) is 45.1 Å². The van der Waals surface area contributed by atoms with Gasteiger partial charge in [-0.15, -0.1) is 0 Å². The number of esters is 3. The summed E-state index contributed by atoms with van der Waals surface area (Å²) in [4.78, 5) is 38.1. The topological polar surface area (TPSA) is 78.9 Å². The van der Waals surface area contributed by atoms with E-state index >= 15 is 0 Å². The van der Waals surface area contributed by atoms with Crippen LogP contribution in [0.25, 0.3) is 0 Å². The Bertz CT molecular complexity index is 1080. The van der Waals surface area contributed by atoms with Crippen molar-refractivity contribution in [3.05, 3.63) is 24.3 Å². The summed E-state index contributed by atoms with van der Waals surface area (Å²) in [5.74, 6) is -0.871. The lowest BCUT2D eigenvalue weighted by Crippen LogP contribution is -2.30. The van der Waals surface area contributed by atoms with E-state index in [1.807, 2.05) is 0 Å². The lowest BCUT2D eigenvalue weighted by Gasteiger charge is -2.18. The average molecular weight is 944 g/mol. The Balaban J connectivity index is 4.26. The van der Waals surface area contributed by atoms with Gasteiger partial charge in [-0.05, 0) is 70.6 Å². The first-order valence-corrected chi connectivity index (χ1v) is 29.8. The van der Waals surface area contributed by atoms with Crippen molar-refractivity contribution in [1.82, 2.24) is 0 Å². The van der Waals surface area contributed by atoms with Crippen molar-refractivity contribution < 1.29 is 28.6 Å². The summed E-state index contributed by atoms with van der Waals surface area (Å²) in [6, 6.07) is 0. The molecule has 67 heavy (non-hydrogen) atoms. The standard InChI is InChI=1S/C61H114O6/c1-4-7-10-13-16-19-22-25-27-28-29-30-31-32-33-34-37-39-42-45-48-51-54-60(63)66-57-58(56-65-59(62)53-50-47-44-41-38-35-24-21-18-15-12-9-6-3)67-61(64)55-52-49-46-43-40-36-26-23-20-17-14-11-8-5-2/h21,23-24,26,58H,4-20,22,25,27-57H2,1-3H3/b24-21-,26-23-. The zero-order valence-corrected chi connectivity index (χ0v) is 45.2. The van der Waals surface area contributed by atoms with Crippen LogP contribution < -0.4 is 0 Å². The van der Waals surface area contributed by atoms with Crippen LogP contribution in [0, 0.1) is 0 Å². The molecule has 0 aliphatic rings. The second kappa shape index (κ2) is 56.5. The van der Waals surface area contributed by atoms with Crippen LogP contribution in [0.3, 0.4) is 0 Å². The largest absolute Gasteiger partial charge is 0.462 e. The number of hydrogen-bond acceptors (Lipinski definition) is 6. The van der Waals surface area contributed by atoms with Crippen LogP contribution in [-0.4, -0.2) is 37.2 Å². The Morgan fingerprint density at radius 3 is 0.761 bits per heavy atom. The number of rotatable bonds is 55. The van der Waals surface area contributed by atoms with Gasteiger partial charge in [0.05, 0.1) is 0 Å². The molecule has 1 unspecified atom stereocenters. The summed E-state index contributed by atoms with van der Waals surface area (Å²) >= 11 is 0. The van der Waals surface area contributed by atoms with Crippen LogP contribution in [-0.2, 0) is 28.6 Å². The highest BCUT2D eigenvalue weighted by molar-refractivity contribution is 5.71. The van der Waals surface area contributed by atoms with Gasteiger partial charge in [-0.2, -0.15) is 0 Å². The molecule has 0 bridgehead atoms. The van der Waals surface area contributed by atoms with Crippen molar-refractivity contribution in [3.8, 4) is 0 Å². The zero-order chi connectivity index (χ0) is 48.6. The maximum Gasteiger partial charge on any atom is 0.306 e. The summed E-state index contributed by atoms with van der Waals surface area (Å²) in [6.45, 7) is 6.65. The van der Waals surface area contributed by atoms with E-state index < -0.39 is 6.10 Å². The summed E-state index contributed by atoms with van der Waals surface area (Å²) in [5, 5.41) is 0. The van der Waals surface area contributed by atoms with Gasteiger partial charge < -0.3 is 14.2 Å². The van der Waals surface area contributed by atoms with Crippen molar-refractivity contribution in [2.75, 3.05) is 13.2 Å². The van der Waals surface area contributed by atoms with Crippen molar-refractivity contribution in [2.45, 2.75) is 335 Å². The van der Waals surface area contributed by atoms with Gasteiger partial charge >= 0.3 is 17.9 Å². The van der Waals surface area contributed by atoms with Gasteiger partial charge in [0.15, 0.2) is 6.10 Å². The van der Waals surface area contributed by atoms with Gasteiger partial charge in [0.2, 0.25) is 0 Å². The molecule has 0 aliphatic heterocycles. The number of unbranched alkanes of at least 4 members (excludes halogenated alkanes) is 40. The van der Waals surface area contributed by atoms with Crippen molar-refractivity contribution in [1.29, 1.82) is 0 Å². The fourth-order valence-corrected chi connectivity index (χ4v) is 8.91. The fourth-order valence-electron chi connectivity index (χ4n) is 8.91. The number of hydrogen-bond donors (Lipinski definition) is 0. The second-order valence-corrected chi connectivity index (χ2v) is 20.3. The van der Waals surface area contributed by atoms with Gasteiger partial charge in [0.25, 0.3) is 0 Å². The number of carbonyl (C=O) groups excluding carboxylic acids is 3. The summed E-state index contributed by atoms with van der Waals surface area (Å²) < 4.78 is 16.9. The van der Waals surface area contributed by atoms with Crippen LogP contribution in [0.1, 0.15) is 329 Å². The quantitative estimate of drug-likeness (QED) is 0.0262. The van der Waals surface area contributed by atoms with Crippen LogP contribution in [0.5, 0.6) is 0 Å². The molecule has 6 heteroatoms. The predicted octanol–water partition coefficient (Wildman–Crippen LogP) is 19.9. The molecule has 0 N–H and O–H groups in total. The molecule has 0 aromatic rings. The maximum atomic E-state index is 12.8. The van der Waals surface area contributed by atoms with E-state index in [0.717, 1.165) is 70.6 Å². The third-order valence-corrected chi connectivity index (χ3v) is 13.4. The van der Waals surface area contributed by atoms with Crippen LogP contribution >= 0.6 is 0 Å². The predicted molar refractivity (Wildman–Crippen MR) is 289 cm³/mol. The van der Waals surface area contributed by atoms with Crippen molar-refractivity contribution in [2.24, 2.45) is 0 Å². The molecule has 0 saturated carbocycles. The third-order valence-electron chi connectivity index (χ3n) is 13.4. The van der Waals surface area contributed by atoms with E-state index in [9.17, 15) is 14.4 Å². The molecule has 0 spiro atoms. The lowest BCUT2D eigenvalue weighted by molar-refractivity contribution is -0.167. The molecule has 0 aromatic heterocycles. The Morgan fingerprint density at radius 1 is 0.284 bits per heavy atom. The number of carbonyl (C=O) groups is 3. The Morgan fingerprint density at radius 2 is 0.493 bits per heavy atom. The van der Waals surface area contributed by atoms with E-state index in [0.29, 0.717) is 19.3 Å². The monoisotopic (exact) mass is 943 g/mol. The third kappa shape index (κ3) is 54.7. The molecule has 0 radical (unpaired) electrons. The molecule has 6 nitrogen and oxygen atoms in total. The molecule has 0 saturated heterocycles. The normalized spacial score (nSPS) is 12.1. The van der Waals surface area contributed by atoms with Crippen LogP contribution in [0.4, 0.5) is 0 Å². The smallest absolute Gasteiger partial charge is 0.306 e. The minimum atomic E-state index is -0.775. The SMILES string of the molecule is CCCCCC/C=C\CCCCCCCC(=O)OCC(COC(=O)CCCCCCCCCCCCCCCCCCCCCCCC)OC(=O)CCCCCCC/C=C\CCCCCCC. The van der Waals surface area contributed by atoms with Crippen molar-refractivity contribution in [3.63, 3.8) is 0 Å². The van der Waals surface area contributed by atoms with Gasteiger partial charge in [-0.1, -0.05) is 263 Å². The van der Waals surface area contributed by atoms with Crippen molar-refractivity contribution >= 4 is 17.9 Å². The second-order valence-electron chi connectivity index (χ2n) is 20.3. The first-order valence-electron chi connectivity index (χ1n) is 29.8. The fraction of sp³-hybridized carbons (Fsp3) is 0.885. The summed E-state index contributed by atoms with van der Waals surface area (Å²) in [6.07, 6.45) is 66.1. The van der Waals surface area contributed by atoms with E-state index in [1.54, 1.807) is 0 Å². The molecule has 0 rings (SSSR count). The Labute approximate surface area is 417 Å². The molecule has 0 aromatic carbocycles. The summed E-state index contributed by atoms with van der Waals surface area (Å²) in [5.41, 5.74) is 0. The van der Waals surface area contributed by atoms with Gasteiger partial charge in [-0.25, -0.2) is 0 Å². The highest BCUT2D eigenvalue weighted by Crippen LogP contribution is 2.17. The maximum absolute atomic E-state index is 12.8. The van der Waals surface area contributed by atoms with E-state index in [1.165, 1.54) is 218 Å². The molecule has 1 atom stereocenters. The van der Waals surface area contributed by atoms with Gasteiger partial charge in [0, 0.05) is 19.3 Å². The first kappa shape index (κ1) is 64.9. The molecule has 0 aliphatic carbocycles. The van der Waals surface area contributed by atoms with E-state index in [4.69, 9.17) is 14.2 Å². The lowest BCUT2D eigenvalue weighted by atomic mass is 10.0. The molecular weight excluding hydrogens is 829 g/mol. The van der Waals surface area contributed by atoms with Crippen LogP contribution in [0.2, 0.25) is 0 Å². The number of allylic oxidation sites excluding steroid dienone is 4. The molecule has 0 amide bonds. The Hall–Kier alpha value is -2.11. The number of ether oxygens (including phenoxy) is 3. The minimum Gasteiger partial charge on any atom is -0.462 e. The minimum absolute atomic E-state index is 0.0728. The highest BCUT2D eigenvalue weighted by Gasteiger charge is 2.19. The Kier molecular flexibility index (Phi) is 54.7. The first-order chi connectivity index (χ1) is 33.0. The average Bonchev–Trinajstić information content (AvgIpc) is 3.33. The molecular formula is C61H114O6. The molecule has 0 fully saturated rings. The zero-order valence-electron chi connectivity index (χ0n) is 45.2. The van der Waals surface area contributed by atoms with E-state index in [-0.39, 0.29) is 31.1 Å².